The molecule has 3 rings (SSSR count). The zero-order chi connectivity index (χ0) is 18.4. The third-order valence-corrected chi connectivity index (χ3v) is 5.65. The zero-order valence-electron chi connectivity index (χ0n) is 15.2. The number of piperidine rings is 1. The van der Waals surface area contributed by atoms with Crippen LogP contribution in [0.5, 0.6) is 0 Å². The minimum atomic E-state index is -0.269. The van der Waals surface area contributed by atoms with Gasteiger partial charge in [0.25, 0.3) is 0 Å². The van der Waals surface area contributed by atoms with Crippen molar-refractivity contribution in [3.63, 3.8) is 0 Å². The maximum absolute atomic E-state index is 12.2. The van der Waals surface area contributed by atoms with Crippen LogP contribution in [0.1, 0.15) is 62.8 Å². The number of carbonyl (C=O) groups excluding carboxylic acids is 3. The summed E-state index contributed by atoms with van der Waals surface area (Å²) in [5.74, 6) is 0.409. The lowest BCUT2D eigenvalue weighted by Gasteiger charge is -2.21. The first kappa shape index (κ1) is 18.6. The molecule has 2 fully saturated rings. The van der Waals surface area contributed by atoms with Crippen LogP contribution in [-0.4, -0.2) is 24.3 Å². The van der Waals surface area contributed by atoms with E-state index in [0.29, 0.717) is 18.4 Å². The van der Waals surface area contributed by atoms with Gasteiger partial charge in [0.05, 0.1) is 0 Å². The first-order valence-electron chi connectivity index (χ1n) is 9.74. The van der Waals surface area contributed by atoms with E-state index in [1.54, 1.807) is 0 Å². The highest BCUT2D eigenvalue weighted by Gasteiger charge is 2.27. The molecule has 1 saturated carbocycles. The van der Waals surface area contributed by atoms with Gasteiger partial charge in [0, 0.05) is 25.8 Å². The molecule has 1 heterocycles. The third kappa shape index (κ3) is 5.41. The lowest BCUT2D eigenvalue weighted by atomic mass is 9.91. The minimum Gasteiger partial charge on any atom is -0.356 e. The number of imide groups is 1. The van der Waals surface area contributed by atoms with Gasteiger partial charge >= 0.3 is 0 Å². The summed E-state index contributed by atoms with van der Waals surface area (Å²) < 4.78 is 0. The summed E-state index contributed by atoms with van der Waals surface area (Å²) in [6, 6.07) is 10.7. The molecule has 1 saturated heterocycles. The maximum atomic E-state index is 12.2. The Balaban J connectivity index is 1.41. The van der Waals surface area contributed by atoms with Crippen LogP contribution in [0.25, 0.3) is 0 Å². The standard InChI is InChI=1S/C21H28N2O3/c24-19(11-16-12-20(25)23-21(26)13-16)22-14-15-5-4-8-18(10-9-15)17-6-2-1-3-7-17/h1-3,6-7,15-16,18H,4-5,8-14H2,(H,22,24)(H,23,25,26). The molecular formula is C21H28N2O3. The van der Waals surface area contributed by atoms with Crippen molar-refractivity contribution in [1.82, 2.24) is 10.6 Å². The number of amides is 3. The average Bonchev–Trinajstić information content (AvgIpc) is 2.85. The number of carbonyl (C=O) groups is 3. The summed E-state index contributed by atoms with van der Waals surface area (Å²) in [6.07, 6.45) is 6.65. The molecule has 1 aromatic carbocycles. The molecule has 2 aliphatic rings. The quantitative estimate of drug-likeness (QED) is 0.629. The topological polar surface area (TPSA) is 75.3 Å². The molecule has 0 aromatic heterocycles. The van der Waals surface area contributed by atoms with Gasteiger partial charge in [-0.25, -0.2) is 0 Å². The number of rotatable bonds is 5. The van der Waals surface area contributed by atoms with Crippen LogP contribution < -0.4 is 10.6 Å². The second kappa shape index (κ2) is 8.97. The summed E-state index contributed by atoms with van der Waals surface area (Å²) in [4.78, 5) is 35.0. The molecule has 1 aliphatic carbocycles. The molecule has 0 radical (unpaired) electrons. The molecule has 0 bridgehead atoms. The van der Waals surface area contributed by atoms with Crippen LogP contribution in [0.3, 0.4) is 0 Å². The molecule has 5 heteroatoms. The largest absolute Gasteiger partial charge is 0.356 e. The molecule has 0 spiro atoms. The van der Waals surface area contributed by atoms with Gasteiger partial charge in [0.15, 0.2) is 0 Å². The Hall–Kier alpha value is -2.17. The fraction of sp³-hybridized carbons (Fsp3) is 0.571. The lowest BCUT2D eigenvalue weighted by Crippen LogP contribution is -2.40. The van der Waals surface area contributed by atoms with Crippen molar-refractivity contribution in [1.29, 1.82) is 0 Å². The monoisotopic (exact) mass is 356 g/mol. The first-order chi connectivity index (χ1) is 12.6. The fourth-order valence-electron chi connectivity index (χ4n) is 4.23. The van der Waals surface area contributed by atoms with Crippen LogP contribution in [0.15, 0.2) is 30.3 Å². The fourth-order valence-corrected chi connectivity index (χ4v) is 4.23. The van der Waals surface area contributed by atoms with Gasteiger partial charge in [-0.05, 0) is 49.0 Å². The Morgan fingerprint density at radius 2 is 1.69 bits per heavy atom. The predicted molar refractivity (Wildman–Crippen MR) is 99.3 cm³/mol. The molecule has 1 aliphatic heterocycles. The predicted octanol–water partition coefficient (Wildman–Crippen LogP) is 2.91. The zero-order valence-corrected chi connectivity index (χ0v) is 15.2. The van der Waals surface area contributed by atoms with Crippen LogP contribution in [0, 0.1) is 11.8 Å². The van der Waals surface area contributed by atoms with Gasteiger partial charge in [0.2, 0.25) is 17.7 Å². The molecule has 5 nitrogen and oxygen atoms in total. The van der Waals surface area contributed by atoms with Crippen LogP contribution >= 0.6 is 0 Å². The van der Waals surface area contributed by atoms with E-state index >= 15 is 0 Å². The minimum absolute atomic E-state index is 0.0404. The highest BCUT2D eigenvalue weighted by atomic mass is 16.2. The molecule has 3 amide bonds. The highest BCUT2D eigenvalue weighted by Crippen LogP contribution is 2.33. The second-order valence-electron chi connectivity index (χ2n) is 7.74. The summed E-state index contributed by atoms with van der Waals surface area (Å²) in [6.45, 7) is 0.702. The first-order valence-corrected chi connectivity index (χ1v) is 9.74. The molecular weight excluding hydrogens is 328 g/mol. The van der Waals surface area contributed by atoms with Crippen molar-refractivity contribution in [3.05, 3.63) is 35.9 Å². The third-order valence-electron chi connectivity index (χ3n) is 5.65. The molecule has 140 valence electrons. The van der Waals surface area contributed by atoms with Crippen molar-refractivity contribution in [2.24, 2.45) is 11.8 Å². The molecule has 2 N–H and O–H groups in total. The molecule has 2 atom stereocenters. The Morgan fingerprint density at radius 1 is 0.962 bits per heavy atom. The summed E-state index contributed by atoms with van der Waals surface area (Å²) in [5.41, 5.74) is 1.43. The normalized spacial score (nSPS) is 24.6. The summed E-state index contributed by atoms with van der Waals surface area (Å²) in [5, 5.41) is 5.31. The van der Waals surface area contributed by atoms with Crippen molar-refractivity contribution >= 4 is 17.7 Å². The van der Waals surface area contributed by atoms with Gasteiger partial charge in [-0.3, -0.25) is 19.7 Å². The summed E-state index contributed by atoms with van der Waals surface area (Å²) in [7, 11) is 0. The van der Waals surface area contributed by atoms with E-state index in [1.165, 1.54) is 24.8 Å². The smallest absolute Gasteiger partial charge is 0.226 e. The average molecular weight is 356 g/mol. The van der Waals surface area contributed by atoms with E-state index in [0.717, 1.165) is 12.8 Å². The second-order valence-corrected chi connectivity index (χ2v) is 7.74. The van der Waals surface area contributed by atoms with Crippen LogP contribution in [0.2, 0.25) is 0 Å². The SMILES string of the molecule is O=C(CC1CC(=O)NC(=O)C1)NCC1CCCC(c2ccccc2)CC1. The van der Waals surface area contributed by atoms with Crippen molar-refractivity contribution in [2.75, 3.05) is 6.54 Å². The van der Waals surface area contributed by atoms with E-state index in [-0.39, 0.29) is 42.9 Å². The van der Waals surface area contributed by atoms with E-state index in [2.05, 4.69) is 41.0 Å². The Kier molecular flexibility index (Phi) is 6.42. The Bertz CT molecular complexity index is 628. The molecule has 2 unspecified atom stereocenters. The van der Waals surface area contributed by atoms with E-state index in [9.17, 15) is 14.4 Å². The maximum Gasteiger partial charge on any atom is 0.226 e. The van der Waals surface area contributed by atoms with E-state index in [1.807, 2.05) is 0 Å². The molecule has 1 aromatic rings. The number of benzene rings is 1. The lowest BCUT2D eigenvalue weighted by molar-refractivity contribution is -0.135. The van der Waals surface area contributed by atoms with Gasteiger partial charge < -0.3 is 5.32 Å². The van der Waals surface area contributed by atoms with Crippen molar-refractivity contribution < 1.29 is 14.4 Å². The Morgan fingerprint density at radius 3 is 2.42 bits per heavy atom. The van der Waals surface area contributed by atoms with Crippen LogP contribution in [-0.2, 0) is 14.4 Å². The van der Waals surface area contributed by atoms with Crippen molar-refractivity contribution in [2.45, 2.75) is 57.3 Å². The van der Waals surface area contributed by atoms with Crippen LogP contribution in [0.4, 0.5) is 0 Å². The Labute approximate surface area is 154 Å². The van der Waals surface area contributed by atoms with Gasteiger partial charge in [-0.15, -0.1) is 0 Å². The van der Waals surface area contributed by atoms with E-state index < -0.39 is 0 Å². The molecule has 26 heavy (non-hydrogen) atoms. The number of nitrogens with one attached hydrogen (secondary N) is 2. The highest BCUT2D eigenvalue weighted by molar-refractivity contribution is 5.98. The van der Waals surface area contributed by atoms with Gasteiger partial charge in [0.1, 0.15) is 0 Å². The van der Waals surface area contributed by atoms with Crippen molar-refractivity contribution in [3.8, 4) is 0 Å². The van der Waals surface area contributed by atoms with E-state index in [4.69, 9.17) is 0 Å². The number of hydrogen-bond donors (Lipinski definition) is 2. The summed E-state index contributed by atoms with van der Waals surface area (Å²) >= 11 is 0. The van der Waals surface area contributed by atoms with Gasteiger partial charge in [-0.1, -0.05) is 36.8 Å². The number of hydrogen-bond acceptors (Lipinski definition) is 3. The van der Waals surface area contributed by atoms with Gasteiger partial charge in [-0.2, -0.15) is 0 Å².